The molecule has 10 heteroatoms. The zero-order valence-electron chi connectivity index (χ0n) is 16.3. The number of benzene rings is 2. The predicted octanol–water partition coefficient (Wildman–Crippen LogP) is 7.93. The highest BCUT2D eigenvalue weighted by Gasteiger charge is 2.09. The number of hydrogen-bond acceptors (Lipinski definition) is 3. The van der Waals surface area contributed by atoms with Crippen LogP contribution in [0.3, 0.4) is 0 Å². The highest BCUT2D eigenvalue weighted by atomic mass is 79.9. The van der Waals surface area contributed by atoms with Crippen LogP contribution < -0.4 is 10.6 Å². The van der Waals surface area contributed by atoms with Crippen LogP contribution in [0.5, 0.6) is 0 Å². The molecule has 0 heterocycles. The van der Waals surface area contributed by atoms with Crippen molar-refractivity contribution in [3.8, 4) is 0 Å². The van der Waals surface area contributed by atoms with Gasteiger partial charge in [-0.1, -0.05) is 60.4 Å². The van der Waals surface area contributed by atoms with E-state index >= 15 is 0 Å². The Kier molecular flexibility index (Phi) is 14.9. The number of carbonyl (C=O) groups excluding carboxylic acids is 2. The molecule has 0 bridgehead atoms. The standard InChI is InChI=1S/C10H10Br2ClNO.C10H11BrClNO2.CH4/c1-2-10(15)14-9-4-8(13)7(12)3-6(9)5-11;1-2-10(15)13-9-4-8(12)7(11)3-6(9)5-14;/h3-4H,2,5H2,1H3,(H,14,15);3-4,14H,2,5H2,1H3,(H,13,15);1H4. The second kappa shape index (κ2) is 15.2. The molecule has 0 fully saturated rings. The van der Waals surface area contributed by atoms with Crippen molar-refractivity contribution < 1.29 is 14.7 Å². The van der Waals surface area contributed by atoms with Crippen LogP contribution in [0.1, 0.15) is 45.2 Å². The van der Waals surface area contributed by atoms with E-state index < -0.39 is 0 Å². The fraction of sp³-hybridized carbons (Fsp3) is 0.333. The molecule has 0 aromatic heterocycles. The Morgan fingerprint density at radius 2 is 1.26 bits per heavy atom. The molecular weight excluding hydrogens is 639 g/mol. The summed E-state index contributed by atoms with van der Waals surface area (Å²) >= 11 is 21.8. The lowest BCUT2D eigenvalue weighted by atomic mass is 10.2. The van der Waals surface area contributed by atoms with Gasteiger partial charge in [-0.05, 0) is 61.7 Å². The highest BCUT2D eigenvalue weighted by Crippen LogP contribution is 2.31. The maximum atomic E-state index is 11.3. The zero-order valence-corrected chi connectivity index (χ0v) is 22.6. The maximum Gasteiger partial charge on any atom is 0.224 e. The first-order valence-corrected chi connectivity index (χ1v) is 12.3. The minimum Gasteiger partial charge on any atom is -0.392 e. The van der Waals surface area contributed by atoms with Crippen molar-refractivity contribution >= 4 is 94.2 Å². The summed E-state index contributed by atoms with van der Waals surface area (Å²) in [4.78, 5) is 22.5. The Hall–Kier alpha value is -0.640. The molecule has 3 N–H and O–H groups in total. The number of carbonyl (C=O) groups is 2. The summed E-state index contributed by atoms with van der Waals surface area (Å²) in [6.45, 7) is 3.42. The number of amides is 2. The van der Waals surface area contributed by atoms with Crippen molar-refractivity contribution in [3.63, 3.8) is 0 Å². The third-order valence-corrected chi connectivity index (χ3v) is 6.80. The minimum absolute atomic E-state index is 0. The Bertz CT molecular complexity index is 838. The second-order valence-corrected chi connectivity index (χ2v) is 9.03. The molecular formula is C21H25Br3Cl2N2O3. The summed E-state index contributed by atoms with van der Waals surface area (Å²) < 4.78 is 1.52. The summed E-state index contributed by atoms with van der Waals surface area (Å²) in [7, 11) is 0. The lowest BCUT2D eigenvalue weighted by Crippen LogP contribution is -2.11. The van der Waals surface area contributed by atoms with Crippen molar-refractivity contribution in [1.29, 1.82) is 0 Å². The van der Waals surface area contributed by atoms with Crippen LogP contribution in [0, 0.1) is 0 Å². The van der Waals surface area contributed by atoms with Gasteiger partial charge in [-0.2, -0.15) is 0 Å². The summed E-state index contributed by atoms with van der Waals surface area (Å²) in [5.74, 6) is -0.126. The van der Waals surface area contributed by atoms with Crippen molar-refractivity contribution in [2.75, 3.05) is 10.6 Å². The van der Waals surface area contributed by atoms with E-state index in [1.165, 1.54) is 0 Å². The van der Waals surface area contributed by atoms with E-state index in [1.54, 1.807) is 25.1 Å². The molecule has 0 aliphatic rings. The second-order valence-electron chi connectivity index (χ2n) is 5.94. The van der Waals surface area contributed by atoms with E-state index in [1.807, 2.05) is 13.0 Å². The smallest absolute Gasteiger partial charge is 0.224 e. The number of halogens is 5. The molecule has 0 unspecified atom stereocenters. The summed E-state index contributed by atoms with van der Waals surface area (Å²) in [5.41, 5.74) is 2.94. The van der Waals surface area contributed by atoms with Crippen molar-refractivity contribution in [2.45, 2.75) is 46.1 Å². The first kappa shape index (κ1) is 30.4. The van der Waals surface area contributed by atoms with Gasteiger partial charge in [-0.25, -0.2) is 0 Å². The van der Waals surface area contributed by atoms with Gasteiger partial charge in [-0.15, -0.1) is 0 Å². The largest absolute Gasteiger partial charge is 0.392 e. The molecule has 0 saturated heterocycles. The molecule has 5 nitrogen and oxygen atoms in total. The van der Waals surface area contributed by atoms with Gasteiger partial charge < -0.3 is 15.7 Å². The van der Waals surface area contributed by atoms with Crippen LogP contribution in [0.4, 0.5) is 11.4 Å². The molecule has 0 atom stereocenters. The number of aliphatic hydroxyl groups is 1. The monoisotopic (exact) mass is 660 g/mol. The average molecular weight is 664 g/mol. The zero-order chi connectivity index (χ0) is 22.8. The molecule has 2 aromatic carbocycles. The van der Waals surface area contributed by atoms with Crippen LogP contribution in [-0.2, 0) is 21.5 Å². The van der Waals surface area contributed by atoms with Crippen LogP contribution in [0.2, 0.25) is 10.0 Å². The Balaban J connectivity index is 0.000000562. The summed E-state index contributed by atoms with van der Waals surface area (Å²) in [5, 5.41) is 16.3. The SMILES string of the molecule is C.CCC(=O)Nc1cc(Cl)c(Br)cc1CBr.CCC(=O)Nc1cc(Cl)c(Br)cc1CO. The third-order valence-electron chi connectivity index (χ3n) is 3.80. The third kappa shape index (κ3) is 9.80. The molecule has 2 rings (SSSR count). The van der Waals surface area contributed by atoms with Gasteiger partial charge in [0.15, 0.2) is 0 Å². The van der Waals surface area contributed by atoms with E-state index in [4.69, 9.17) is 28.3 Å². The normalized spacial score (nSPS) is 9.81. The van der Waals surface area contributed by atoms with E-state index in [0.29, 0.717) is 43.9 Å². The van der Waals surface area contributed by atoms with Crippen LogP contribution in [0.25, 0.3) is 0 Å². The summed E-state index contributed by atoms with van der Waals surface area (Å²) in [6, 6.07) is 6.94. The topological polar surface area (TPSA) is 78.4 Å². The Morgan fingerprint density at radius 3 is 1.61 bits per heavy atom. The fourth-order valence-corrected chi connectivity index (χ4v) is 3.70. The number of aliphatic hydroxyl groups excluding tert-OH is 1. The van der Waals surface area contributed by atoms with Crippen molar-refractivity contribution in [2.24, 2.45) is 0 Å². The van der Waals surface area contributed by atoms with Crippen LogP contribution >= 0.6 is 71.0 Å². The molecule has 0 spiro atoms. The first-order valence-electron chi connectivity index (χ1n) is 8.89. The van der Waals surface area contributed by atoms with E-state index in [-0.39, 0.29) is 25.8 Å². The van der Waals surface area contributed by atoms with E-state index in [0.717, 1.165) is 15.7 Å². The molecule has 0 aliphatic heterocycles. The molecule has 31 heavy (non-hydrogen) atoms. The van der Waals surface area contributed by atoms with Gasteiger partial charge >= 0.3 is 0 Å². The number of nitrogens with one attached hydrogen (secondary N) is 2. The predicted molar refractivity (Wildman–Crippen MR) is 141 cm³/mol. The molecule has 172 valence electrons. The van der Waals surface area contributed by atoms with Gasteiger partial charge in [-0.3, -0.25) is 9.59 Å². The van der Waals surface area contributed by atoms with Gasteiger partial charge in [0.1, 0.15) is 0 Å². The number of anilines is 2. The van der Waals surface area contributed by atoms with Crippen LogP contribution in [-0.4, -0.2) is 16.9 Å². The fourth-order valence-electron chi connectivity index (χ4n) is 2.13. The lowest BCUT2D eigenvalue weighted by Gasteiger charge is -2.10. The quantitative estimate of drug-likeness (QED) is 0.275. The maximum absolute atomic E-state index is 11.3. The molecule has 0 aliphatic carbocycles. The van der Waals surface area contributed by atoms with Gasteiger partial charge in [0.25, 0.3) is 0 Å². The number of hydrogen-bond donors (Lipinski definition) is 3. The number of rotatable bonds is 6. The van der Waals surface area contributed by atoms with Gasteiger partial charge in [0, 0.05) is 44.1 Å². The van der Waals surface area contributed by atoms with Crippen molar-refractivity contribution in [1.82, 2.24) is 0 Å². The minimum atomic E-state index is -0.144. The van der Waals surface area contributed by atoms with Gasteiger partial charge in [0.05, 0.1) is 16.7 Å². The Morgan fingerprint density at radius 1 is 0.871 bits per heavy atom. The summed E-state index contributed by atoms with van der Waals surface area (Å²) in [6.07, 6.45) is 0.841. The lowest BCUT2D eigenvalue weighted by molar-refractivity contribution is -0.116. The van der Waals surface area contributed by atoms with E-state index in [9.17, 15) is 9.59 Å². The molecule has 0 radical (unpaired) electrons. The average Bonchev–Trinajstić information content (AvgIpc) is 2.73. The highest BCUT2D eigenvalue weighted by molar-refractivity contribution is 9.11. The molecule has 2 aromatic rings. The number of alkyl halides is 1. The van der Waals surface area contributed by atoms with Crippen molar-refractivity contribution in [3.05, 3.63) is 54.4 Å². The van der Waals surface area contributed by atoms with Crippen LogP contribution in [0.15, 0.2) is 33.2 Å². The van der Waals surface area contributed by atoms with E-state index in [2.05, 4.69) is 58.4 Å². The molecule has 2 amide bonds. The first-order chi connectivity index (χ1) is 14.2. The van der Waals surface area contributed by atoms with Gasteiger partial charge in [0.2, 0.25) is 11.8 Å². The Labute approximate surface area is 218 Å². The molecule has 0 saturated carbocycles.